The highest BCUT2D eigenvalue weighted by atomic mass is 35.5. The van der Waals surface area contributed by atoms with Crippen molar-refractivity contribution in [3.8, 4) is 5.75 Å². The third-order valence-corrected chi connectivity index (χ3v) is 4.84. The molecule has 0 saturated carbocycles. The number of anilines is 1. The second-order valence-corrected chi connectivity index (χ2v) is 6.40. The first-order valence-corrected chi connectivity index (χ1v) is 7.94. The monoisotopic (exact) mass is 353 g/mol. The number of aliphatic hydroxyl groups excluding tert-OH is 1. The van der Waals surface area contributed by atoms with Gasteiger partial charge in [-0.15, -0.1) is 11.8 Å². The molecule has 0 aliphatic rings. The van der Waals surface area contributed by atoms with E-state index in [4.69, 9.17) is 22.1 Å². The number of rotatable bonds is 6. The van der Waals surface area contributed by atoms with Gasteiger partial charge in [0, 0.05) is 15.6 Å². The second kappa shape index (κ2) is 7.59. The summed E-state index contributed by atoms with van der Waals surface area (Å²) in [7, 11) is 1.54. The van der Waals surface area contributed by atoms with Crippen molar-refractivity contribution in [2.24, 2.45) is 0 Å². The molecule has 23 heavy (non-hydrogen) atoms. The van der Waals surface area contributed by atoms with Crippen molar-refractivity contribution in [3.05, 3.63) is 53.1 Å². The van der Waals surface area contributed by atoms with Crippen molar-refractivity contribution in [2.75, 3.05) is 12.8 Å². The van der Waals surface area contributed by atoms with Crippen LogP contribution in [0.4, 0.5) is 5.69 Å². The molecule has 0 amide bonds. The minimum atomic E-state index is -1.59. The number of carboxylic acid groups (broad SMARTS) is 1. The Labute approximate surface area is 143 Å². The maximum absolute atomic E-state index is 11.2. The van der Waals surface area contributed by atoms with Crippen LogP contribution in [0.3, 0.4) is 0 Å². The van der Waals surface area contributed by atoms with Crippen LogP contribution in [-0.2, 0) is 4.79 Å². The highest BCUT2D eigenvalue weighted by Crippen LogP contribution is 2.41. The van der Waals surface area contributed by atoms with Gasteiger partial charge in [-0.25, -0.2) is 4.79 Å². The van der Waals surface area contributed by atoms with Crippen LogP contribution >= 0.6 is 23.4 Å². The topological polar surface area (TPSA) is 92.8 Å². The normalized spacial score (nSPS) is 13.3. The average molecular weight is 354 g/mol. The lowest BCUT2D eigenvalue weighted by Crippen LogP contribution is -2.26. The molecule has 0 fully saturated rings. The summed E-state index contributed by atoms with van der Waals surface area (Å²) in [4.78, 5) is 11.8. The highest BCUT2D eigenvalue weighted by Gasteiger charge is 2.29. The summed E-state index contributed by atoms with van der Waals surface area (Å²) in [5, 5.41) is 19.0. The summed E-state index contributed by atoms with van der Waals surface area (Å²) >= 11 is 7.12. The number of halogens is 1. The standard InChI is InChI=1S/C16H16ClNO4S/c1-22-11-5-2-9(3-6-11)15(14(19)16(20)21)23-13-8-10(17)4-7-12(13)18/h2-8,14-15,19H,18H2,1H3,(H,20,21)/t14-,15+/m1/s1. The molecule has 7 heteroatoms. The molecule has 2 aromatic rings. The molecular weight excluding hydrogens is 338 g/mol. The minimum absolute atomic E-state index is 0.468. The lowest BCUT2D eigenvalue weighted by Gasteiger charge is -2.21. The Kier molecular flexibility index (Phi) is 5.76. The first-order chi connectivity index (χ1) is 10.9. The van der Waals surface area contributed by atoms with Gasteiger partial charge in [0.25, 0.3) is 0 Å². The predicted octanol–water partition coefficient (Wildman–Crippen LogP) is 3.21. The van der Waals surface area contributed by atoms with Crippen LogP contribution in [0.1, 0.15) is 10.8 Å². The number of benzene rings is 2. The van der Waals surface area contributed by atoms with Crippen molar-refractivity contribution < 1.29 is 19.7 Å². The molecule has 0 aromatic heterocycles. The summed E-state index contributed by atoms with van der Waals surface area (Å²) in [5.74, 6) is -0.663. The Morgan fingerprint density at radius 1 is 1.26 bits per heavy atom. The van der Waals surface area contributed by atoms with Crippen LogP contribution in [-0.4, -0.2) is 29.4 Å². The van der Waals surface area contributed by atoms with Gasteiger partial charge in [-0.05, 0) is 35.9 Å². The van der Waals surface area contributed by atoms with Gasteiger partial charge in [0.05, 0.1) is 12.4 Å². The zero-order chi connectivity index (χ0) is 17.0. The molecule has 0 saturated heterocycles. The lowest BCUT2D eigenvalue weighted by molar-refractivity contribution is -0.146. The maximum Gasteiger partial charge on any atom is 0.334 e. The third kappa shape index (κ3) is 4.31. The van der Waals surface area contributed by atoms with E-state index in [1.807, 2.05) is 0 Å². The Morgan fingerprint density at radius 2 is 1.91 bits per heavy atom. The van der Waals surface area contributed by atoms with E-state index >= 15 is 0 Å². The number of hydrogen-bond donors (Lipinski definition) is 3. The summed E-state index contributed by atoms with van der Waals surface area (Å²) in [6.07, 6.45) is -1.59. The molecule has 2 aromatic carbocycles. The Bertz CT molecular complexity index is 693. The van der Waals surface area contributed by atoms with E-state index in [2.05, 4.69) is 0 Å². The molecule has 0 unspecified atom stereocenters. The van der Waals surface area contributed by atoms with E-state index in [-0.39, 0.29) is 0 Å². The van der Waals surface area contributed by atoms with Gasteiger partial charge >= 0.3 is 5.97 Å². The molecule has 0 spiro atoms. The van der Waals surface area contributed by atoms with Crippen LogP contribution in [0, 0.1) is 0 Å². The Morgan fingerprint density at radius 3 is 2.48 bits per heavy atom. The largest absolute Gasteiger partial charge is 0.497 e. The maximum atomic E-state index is 11.2. The number of carbonyl (C=O) groups is 1. The number of methoxy groups -OCH3 is 1. The number of aliphatic hydroxyl groups is 1. The summed E-state index contributed by atoms with van der Waals surface area (Å²) in [5.41, 5.74) is 7.02. The third-order valence-electron chi connectivity index (χ3n) is 3.21. The summed E-state index contributed by atoms with van der Waals surface area (Å²) in [6, 6.07) is 11.8. The van der Waals surface area contributed by atoms with Crippen LogP contribution in [0.2, 0.25) is 5.02 Å². The zero-order valence-corrected chi connectivity index (χ0v) is 13.8. The first kappa shape index (κ1) is 17.5. The smallest absolute Gasteiger partial charge is 0.334 e. The zero-order valence-electron chi connectivity index (χ0n) is 12.3. The Hall–Kier alpha value is -1.89. The minimum Gasteiger partial charge on any atom is -0.497 e. The van der Waals surface area contributed by atoms with Gasteiger partial charge in [-0.1, -0.05) is 23.7 Å². The van der Waals surface area contributed by atoms with Crippen molar-refractivity contribution in [1.82, 2.24) is 0 Å². The van der Waals surface area contributed by atoms with Gasteiger partial charge in [-0.2, -0.15) is 0 Å². The van der Waals surface area contributed by atoms with Gasteiger partial charge in [0.2, 0.25) is 0 Å². The fourth-order valence-electron chi connectivity index (χ4n) is 1.98. The number of hydrogen-bond acceptors (Lipinski definition) is 5. The number of ether oxygens (including phenoxy) is 1. The second-order valence-electron chi connectivity index (χ2n) is 4.78. The molecule has 0 heterocycles. The number of nitrogen functional groups attached to an aromatic ring is 1. The quantitative estimate of drug-likeness (QED) is 0.545. The molecule has 122 valence electrons. The average Bonchev–Trinajstić information content (AvgIpc) is 2.55. The molecule has 5 nitrogen and oxygen atoms in total. The fraction of sp³-hybridized carbons (Fsp3) is 0.188. The van der Waals surface area contributed by atoms with Crippen molar-refractivity contribution in [2.45, 2.75) is 16.2 Å². The van der Waals surface area contributed by atoms with E-state index in [1.54, 1.807) is 49.6 Å². The fourth-order valence-corrected chi connectivity index (χ4v) is 3.43. The van der Waals surface area contributed by atoms with Crippen molar-refractivity contribution in [1.29, 1.82) is 0 Å². The molecule has 0 aliphatic carbocycles. The molecule has 0 aliphatic heterocycles. The van der Waals surface area contributed by atoms with Crippen LogP contribution in [0.15, 0.2) is 47.4 Å². The van der Waals surface area contributed by atoms with Crippen LogP contribution < -0.4 is 10.5 Å². The molecule has 2 rings (SSSR count). The SMILES string of the molecule is COc1ccc([C@H](Sc2cc(Cl)ccc2N)[C@@H](O)C(=O)O)cc1. The number of aliphatic carboxylic acids is 1. The van der Waals surface area contributed by atoms with E-state index in [1.165, 1.54) is 0 Å². The van der Waals surface area contributed by atoms with E-state index in [0.29, 0.717) is 26.9 Å². The van der Waals surface area contributed by atoms with Crippen molar-refractivity contribution in [3.63, 3.8) is 0 Å². The lowest BCUT2D eigenvalue weighted by atomic mass is 10.1. The van der Waals surface area contributed by atoms with Gasteiger partial charge in [0.15, 0.2) is 6.10 Å². The van der Waals surface area contributed by atoms with E-state index in [9.17, 15) is 15.0 Å². The van der Waals surface area contributed by atoms with E-state index < -0.39 is 17.3 Å². The van der Waals surface area contributed by atoms with Crippen LogP contribution in [0.5, 0.6) is 5.75 Å². The first-order valence-electron chi connectivity index (χ1n) is 6.69. The predicted molar refractivity (Wildman–Crippen MR) is 91.1 cm³/mol. The van der Waals surface area contributed by atoms with Crippen LogP contribution in [0.25, 0.3) is 0 Å². The van der Waals surface area contributed by atoms with E-state index in [0.717, 1.165) is 11.8 Å². The molecular formula is C16H16ClNO4S. The molecule has 2 atom stereocenters. The highest BCUT2D eigenvalue weighted by molar-refractivity contribution is 7.99. The molecule has 0 bridgehead atoms. The van der Waals surface area contributed by atoms with Gasteiger partial charge < -0.3 is 20.7 Å². The number of carboxylic acids is 1. The number of thioether (sulfide) groups is 1. The summed E-state index contributed by atoms with van der Waals surface area (Å²) in [6.45, 7) is 0. The molecule has 4 N–H and O–H groups in total. The molecule has 0 radical (unpaired) electrons. The summed E-state index contributed by atoms with van der Waals surface area (Å²) < 4.78 is 5.09. The number of nitrogens with two attached hydrogens (primary N) is 1. The van der Waals surface area contributed by atoms with Crippen molar-refractivity contribution >= 4 is 35.0 Å². The Balaban J connectivity index is 2.37. The van der Waals surface area contributed by atoms with Gasteiger partial charge in [-0.3, -0.25) is 0 Å². The van der Waals surface area contributed by atoms with Gasteiger partial charge in [0.1, 0.15) is 5.75 Å².